The Bertz CT molecular complexity index is 2350. The summed E-state index contributed by atoms with van der Waals surface area (Å²) >= 11 is 0. The van der Waals surface area contributed by atoms with Crippen LogP contribution in [0.1, 0.15) is 56.6 Å². The van der Waals surface area contributed by atoms with Crippen LogP contribution in [-0.2, 0) is 11.7 Å². The molecule has 11 heteroatoms. The molecule has 0 saturated carbocycles. The number of furan rings is 1. The number of pyridine rings is 2. The number of para-hydroxylation sites is 1. The molecule has 0 aliphatic carbocycles. The Kier molecular flexibility index (Phi) is 5.56. The van der Waals surface area contributed by atoms with E-state index in [9.17, 15) is 13.2 Å². The zero-order chi connectivity index (χ0) is 31.4. The quantitative estimate of drug-likeness (QED) is 0.197. The largest absolute Gasteiger partial charge is 0.456 e. The first-order chi connectivity index (χ1) is 22.3. The highest BCUT2D eigenvalue weighted by molar-refractivity contribution is 6.06. The van der Waals surface area contributed by atoms with Crippen LogP contribution >= 0.6 is 0 Å². The number of hydrogen-bond donors (Lipinski definition) is 0. The van der Waals surface area contributed by atoms with Crippen LogP contribution in [0.25, 0.3) is 55.9 Å². The Morgan fingerprint density at radius 3 is 2.54 bits per heavy atom. The number of nitrogens with zero attached hydrogens (tertiary/aromatic N) is 7. The summed E-state index contributed by atoms with van der Waals surface area (Å²) in [5.41, 5.74) is 5.82. The first-order valence-electron chi connectivity index (χ1n) is 15.5. The van der Waals surface area contributed by atoms with E-state index >= 15 is 0 Å². The predicted octanol–water partition coefficient (Wildman–Crippen LogP) is 7.11. The maximum atomic E-state index is 14.3. The molecule has 7 heterocycles. The van der Waals surface area contributed by atoms with Crippen LogP contribution in [0.15, 0.2) is 89.7 Å². The lowest BCUT2D eigenvalue weighted by Gasteiger charge is -2.31. The number of benzene rings is 2. The molecule has 9 rings (SSSR count). The summed E-state index contributed by atoms with van der Waals surface area (Å²) in [5.74, 6) is -0.967. The molecule has 2 atom stereocenters. The Morgan fingerprint density at radius 1 is 0.913 bits per heavy atom. The van der Waals surface area contributed by atoms with Crippen LogP contribution in [0.4, 0.5) is 13.2 Å². The van der Waals surface area contributed by atoms with Gasteiger partial charge in [0.1, 0.15) is 22.9 Å². The molecular formula is C35H28F3N7O+2. The van der Waals surface area contributed by atoms with Crippen molar-refractivity contribution in [3.05, 3.63) is 96.7 Å². The molecule has 2 aromatic carbocycles. The molecule has 5 aromatic heterocycles. The van der Waals surface area contributed by atoms with Crippen molar-refractivity contribution in [3.8, 4) is 22.8 Å². The smallest absolute Gasteiger partial charge is 0.453 e. The van der Waals surface area contributed by atoms with Crippen LogP contribution < -0.4 is 9.13 Å². The lowest BCUT2D eigenvalue weighted by molar-refractivity contribution is -0.759. The molecule has 0 radical (unpaired) electrons. The van der Waals surface area contributed by atoms with Gasteiger partial charge in [-0.05, 0) is 41.4 Å². The van der Waals surface area contributed by atoms with Crippen molar-refractivity contribution >= 4 is 33.1 Å². The van der Waals surface area contributed by atoms with Crippen molar-refractivity contribution in [1.29, 1.82) is 0 Å². The van der Waals surface area contributed by atoms with Crippen LogP contribution in [0.5, 0.6) is 0 Å². The highest BCUT2D eigenvalue weighted by atomic mass is 19.4. The van der Waals surface area contributed by atoms with E-state index in [1.165, 1.54) is 4.68 Å². The predicted molar refractivity (Wildman–Crippen MR) is 163 cm³/mol. The number of aromatic nitrogens is 7. The van der Waals surface area contributed by atoms with Gasteiger partial charge in [0, 0.05) is 53.3 Å². The molecular weight excluding hydrogens is 591 g/mol. The fourth-order valence-electron chi connectivity index (χ4n) is 7.86. The third-order valence-corrected chi connectivity index (χ3v) is 10.1. The van der Waals surface area contributed by atoms with Crippen LogP contribution in [0.2, 0.25) is 0 Å². The summed E-state index contributed by atoms with van der Waals surface area (Å²) in [6.45, 7) is 4.27. The van der Waals surface area contributed by atoms with Crippen LogP contribution in [0.3, 0.4) is 0 Å². The third-order valence-electron chi connectivity index (χ3n) is 10.1. The van der Waals surface area contributed by atoms with Crippen molar-refractivity contribution in [2.45, 2.75) is 56.9 Å². The summed E-state index contributed by atoms with van der Waals surface area (Å²) < 4.78 is 55.1. The van der Waals surface area contributed by atoms with Crippen molar-refractivity contribution in [1.82, 2.24) is 24.7 Å². The van der Waals surface area contributed by atoms with E-state index in [0.717, 1.165) is 46.0 Å². The molecule has 7 aromatic rings. The maximum absolute atomic E-state index is 14.3. The first kappa shape index (κ1) is 27.1. The van der Waals surface area contributed by atoms with Crippen molar-refractivity contribution < 1.29 is 26.7 Å². The second-order valence-corrected chi connectivity index (χ2v) is 12.2. The SMILES string of the molecule is CCC1(CC)CC(C2c3cc4oc5ccccc5c4cc3-c3ccc4nccnc4[n+]32)n2nc(C(F)(F)F)nc2-c2cccc[n+]21. The van der Waals surface area contributed by atoms with Crippen molar-refractivity contribution in [3.63, 3.8) is 0 Å². The minimum absolute atomic E-state index is 0.188. The molecule has 0 saturated heterocycles. The standard InChI is InChI=1S/C35H28F3N7O/c1-3-34(4-2)19-27(45-32(26-10-7-8-16-43(26)34)41-33(42-45)35(36,37)38)30-23-18-29-22(20-9-5-6-11-28(20)46-29)17-21(23)25-13-12-24-31(44(25)30)40-15-14-39-24/h5-18,27,30H,3-4,19H2,1-2H3/q+2. The van der Waals surface area contributed by atoms with Gasteiger partial charge < -0.3 is 4.42 Å². The number of hydrogen-bond acceptors (Lipinski definition) is 5. The first-order valence-corrected chi connectivity index (χ1v) is 15.5. The summed E-state index contributed by atoms with van der Waals surface area (Å²) in [4.78, 5) is 13.5. The molecule has 0 fully saturated rings. The molecule has 2 unspecified atom stereocenters. The van der Waals surface area contributed by atoms with Gasteiger partial charge in [0.2, 0.25) is 5.82 Å². The van der Waals surface area contributed by atoms with Gasteiger partial charge in [-0.1, -0.05) is 32.0 Å². The van der Waals surface area contributed by atoms with E-state index in [1.807, 2.05) is 60.8 Å². The zero-order valence-corrected chi connectivity index (χ0v) is 25.0. The van der Waals surface area contributed by atoms with Gasteiger partial charge in [-0.3, -0.25) is 0 Å². The maximum Gasteiger partial charge on any atom is 0.453 e. The fraction of sp³-hybridized carbons (Fsp3) is 0.257. The molecule has 0 spiro atoms. The normalized spacial score (nSPS) is 18.4. The Hall–Kier alpha value is -5.19. The third kappa shape index (κ3) is 3.62. The van der Waals surface area contributed by atoms with Gasteiger partial charge in [0.05, 0.1) is 6.20 Å². The Morgan fingerprint density at radius 2 is 1.72 bits per heavy atom. The highest BCUT2D eigenvalue weighted by Crippen LogP contribution is 2.49. The van der Waals surface area contributed by atoms with Gasteiger partial charge in [0.15, 0.2) is 29.5 Å². The lowest BCUT2D eigenvalue weighted by Crippen LogP contribution is -2.57. The van der Waals surface area contributed by atoms with Crippen LogP contribution in [0, 0.1) is 0 Å². The van der Waals surface area contributed by atoms with E-state index in [1.54, 1.807) is 12.4 Å². The Balaban J connectivity index is 1.39. The van der Waals surface area contributed by atoms with Gasteiger partial charge in [-0.2, -0.15) is 22.7 Å². The molecule has 0 amide bonds. The van der Waals surface area contributed by atoms with E-state index in [2.05, 4.69) is 50.2 Å². The van der Waals surface area contributed by atoms with E-state index in [0.29, 0.717) is 28.9 Å². The second kappa shape index (κ2) is 9.41. The van der Waals surface area contributed by atoms with Crippen molar-refractivity contribution in [2.75, 3.05) is 0 Å². The molecule has 0 bridgehead atoms. The molecule has 2 aliphatic heterocycles. The summed E-state index contributed by atoms with van der Waals surface area (Å²) in [5, 5.41) is 6.23. The van der Waals surface area contributed by atoms with Crippen molar-refractivity contribution in [2.24, 2.45) is 0 Å². The molecule has 46 heavy (non-hydrogen) atoms. The second-order valence-electron chi connectivity index (χ2n) is 12.2. The summed E-state index contributed by atoms with van der Waals surface area (Å²) in [6, 6.07) is 20.6. The van der Waals surface area contributed by atoms with E-state index in [4.69, 9.17) is 9.40 Å². The van der Waals surface area contributed by atoms with Crippen LogP contribution in [-0.4, -0.2) is 24.7 Å². The Labute approximate surface area is 260 Å². The zero-order valence-electron chi connectivity index (χ0n) is 25.0. The lowest BCUT2D eigenvalue weighted by atomic mass is 9.81. The molecule has 8 nitrogen and oxygen atoms in total. The molecule has 228 valence electrons. The number of alkyl halides is 3. The average molecular weight is 620 g/mol. The van der Waals surface area contributed by atoms with Gasteiger partial charge >= 0.3 is 11.8 Å². The van der Waals surface area contributed by atoms with E-state index < -0.39 is 29.6 Å². The van der Waals surface area contributed by atoms with Gasteiger partial charge in [0.25, 0.3) is 11.5 Å². The number of fused-ring (bicyclic) bond motifs is 11. The molecule has 2 aliphatic rings. The summed E-state index contributed by atoms with van der Waals surface area (Å²) in [6.07, 6.45) is 2.56. The highest BCUT2D eigenvalue weighted by Gasteiger charge is 2.53. The number of halogens is 3. The number of rotatable bonds is 3. The van der Waals surface area contributed by atoms with Gasteiger partial charge in [-0.25, -0.2) is 14.2 Å². The minimum atomic E-state index is -4.72. The topological polar surface area (TPSA) is 77.4 Å². The average Bonchev–Trinajstić information content (AvgIpc) is 3.75. The fourth-order valence-corrected chi connectivity index (χ4v) is 7.86. The summed E-state index contributed by atoms with van der Waals surface area (Å²) in [7, 11) is 0. The van der Waals surface area contributed by atoms with E-state index in [-0.39, 0.29) is 5.82 Å². The monoisotopic (exact) mass is 619 g/mol. The van der Waals surface area contributed by atoms with Gasteiger partial charge in [-0.15, -0.1) is 5.10 Å². The minimum Gasteiger partial charge on any atom is -0.456 e. The molecule has 0 N–H and O–H groups in total.